The van der Waals surface area contributed by atoms with E-state index in [9.17, 15) is 4.79 Å². The van der Waals surface area contributed by atoms with Crippen molar-refractivity contribution in [1.29, 1.82) is 0 Å². The Hall–Kier alpha value is -3.05. The number of amides is 2. The zero-order valence-corrected chi connectivity index (χ0v) is 14.7. The molecule has 2 aromatic carbocycles. The number of carbonyl (C=O) groups excluding carboxylic acids is 1. The second-order valence-electron chi connectivity index (χ2n) is 6.04. The van der Waals surface area contributed by atoms with E-state index in [1.54, 1.807) is 18.2 Å². The Kier molecular flexibility index (Phi) is 6.06. The summed E-state index contributed by atoms with van der Waals surface area (Å²) in [5, 5.41) is 2.92. The second-order valence-corrected chi connectivity index (χ2v) is 6.04. The molecule has 1 heterocycles. The SMILES string of the molecule is CN(Cc1ccccc1)C(=O)Nc1cccc(COCc2ccco2)c1. The third-order valence-corrected chi connectivity index (χ3v) is 3.88. The second kappa shape index (κ2) is 8.87. The van der Waals surface area contributed by atoms with Crippen LogP contribution in [0.2, 0.25) is 0 Å². The molecule has 0 radical (unpaired) electrons. The van der Waals surface area contributed by atoms with Crippen molar-refractivity contribution in [1.82, 2.24) is 4.90 Å². The number of carbonyl (C=O) groups is 1. The number of benzene rings is 2. The summed E-state index contributed by atoms with van der Waals surface area (Å²) in [6, 6.07) is 21.1. The molecule has 3 rings (SSSR count). The van der Waals surface area contributed by atoms with E-state index >= 15 is 0 Å². The highest BCUT2D eigenvalue weighted by Crippen LogP contribution is 2.14. The average molecular weight is 350 g/mol. The quantitative estimate of drug-likeness (QED) is 0.674. The third-order valence-electron chi connectivity index (χ3n) is 3.88. The van der Waals surface area contributed by atoms with Gasteiger partial charge in [0.2, 0.25) is 0 Å². The maximum atomic E-state index is 12.4. The number of rotatable bonds is 7. The standard InChI is InChI=1S/C21H22N2O3/c1-23(14-17-7-3-2-4-8-17)21(24)22-19-10-5-9-18(13-19)15-25-16-20-11-6-12-26-20/h2-13H,14-16H2,1H3,(H,22,24). The van der Waals surface area contributed by atoms with E-state index in [0.29, 0.717) is 19.8 Å². The molecule has 3 aromatic rings. The lowest BCUT2D eigenvalue weighted by molar-refractivity contribution is 0.0930. The van der Waals surface area contributed by atoms with Crippen LogP contribution in [-0.4, -0.2) is 18.0 Å². The molecule has 0 fully saturated rings. The highest BCUT2D eigenvalue weighted by Gasteiger charge is 2.09. The first-order valence-corrected chi connectivity index (χ1v) is 8.46. The number of furan rings is 1. The molecule has 0 bridgehead atoms. The first-order valence-electron chi connectivity index (χ1n) is 8.46. The molecule has 0 aliphatic heterocycles. The van der Waals surface area contributed by atoms with Gasteiger partial charge in [0, 0.05) is 19.3 Å². The molecule has 5 heteroatoms. The van der Waals surface area contributed by atoms with Crippen LogP contribution >= 0.6 is 0 Å². The van der Waals surface area contributed by atoms with E-state index in [1.807, 2.05) is 66.7 Å². The van der Waals surface area contributed by atoms with Gasteiger partial charge in [0.05, 0.1) is 12.9 Å². The summed E-state index contributed by atoms with van der Waals surface area (Å²) in [7, 11) is 1.78. The van der Waals surface area contributed by atoms with E-state index in [0.717, 1.165) is 22.6 Å². The molecule has 5 nitrogen and oxygen atoms in total. The lowest BCUT2D eigenvalue weighted by Crippen LogP contribution is -2.30. The summed E-state index contributed by atoms with van der Waals surface area (Å²) in [4.78, 5) is 14.0. The summed E-state index contributed by atoms with van der Waals surface area (Å²) in [5.74, 6) is 0.789. The average Bonchev–Trinajstić information content (AvgIpc) is 3.16. The fraction of sp³-hybridized carbons (Fsp3) is 0.190. The first kappa shape index (κ1) is 17.8. The Morgan fingerprint density at radius 3 is 2.58 bits per heavy atom. The molecular weight excluding hydrogens is 328 g/mol. The van der Waals surface area contributed by atoms with Gasteiger partial charge >= 0.3 is 6.03 Å². The maximum Gasteiger partial charge on any atom is 0.321 e. The Balaban J connectivity index is 1.51. The van der Waals surface area contributed by atoms with Crippen LogP contribution in [0.3, 0.4) is 0 Å². The van der Waals surface area contributed by atoms with Crippen molar-refractivity contribution < 1.29 is 13.9 Å². The summed E-state index contributed by atoms with van der Waals surface area (Å²) in [6.07, 6.45) is 1.63. The molecule has 0 unspecified atom stereocenters. The number of hydrogen-bond donors (Lipinski definition) is 1. The summed E-state index contributed by atoms with van der Waals surface area (Å²) in [5.41, 5.74) is 2.82. The fourth-order valence-corrected chi connectivity index (χ4v) is 2.55. The molecule has 1 aromatic heterocycles. The first-order chi connectivity index (χ1) is 12.7. The van der Waals surface area contributed by atoms with Gasteiger partial charge in [-0.3, -0.25) is 0 Å². The molecule has 0 saturated heterocycles. The van der Waals surface area contributed by atoms with Gasteiger partial charge in [-0.2, -0.15) is 0 Å². The Morgan fingerprint density at radius 2 is 1.81 bits per heavy atom. The van der Waals surface area contributed by atoms with E-state index in [4.69, 9.17) is 9.15 Å². The van der Waals surface area contributed by atoms with Crippen molar-refractivity contribution in [3.05, 3.63) is 89.9 Å². The van der Waals surface area contributed by atoms with Crippen molar-refractivity contribution in [2.24, 2.45) is 0 Å². The van der Waals surface area contributed by atoms with Gasteiger partial charge in [-0.25, -0.2) is 4.79 Å². The van der Waals surface area contributed by atoms with Crippen LogP contribution < -0.4 is 5.32 Å². The molecule has 0 spiro atoms. The van der Waals surface area contributed by atoms with Gasteiger partial charge in [0.25, 0.3) is 0 Å². The topological polar surface area (TPSA) is 54.7 Å². The number of ether oxygens (including phenoxy) is 1. The Morgan fingerprint density at radius 1 is 1.00 bits per heavy atom. The number of nitrogens with one attached hydrogen (secondary N) is 1. The molecule has 134 valence electrons. The molecule has 0 saturated carbocycles. The van der Waals surface area contributed by atoms with Crippen molar-refractivity contribution in [2.45, 2.75) is 19.8 Å². The highest BCUT2D eigenvalue weighted by atomic mass is 16.5. The van der Waals surface area contributed by atoms with Crippen molar-refractivity contribution in [3.8, 4) is 0 Å². The normalized spacial score (nSPS) is 10.5. The summed E-state index contributed by atoms with van der Waals surface area (Å²) in [6.45, 7) is 1.42. The Bertz CT molecular complexity index is 816. The number of urea groups is 1. The maximum absolute atomic E-state index is 12.4. The van der Waals surface area contributed by atoms with Crippen LogP contribution in [0.5, 0.6) is 0 Å². The smallest absolute Gasteiger partial charge is 0.321 e. The van der Waals surface area contributed by atoms with Gasteiger partial charge in [0.15, 0.2) is 0 Å². The number of anilines is 1. The number of hydrogen-bond acceptors (Lipinski definition) is 3. The van der Waals surface area contributed by atoms with E-state index in [2.05, 4.69) is 5.32 Å². The predicted octanol–water partition coefficient (Wildman–Crippen LogP) is 4.66. The minimum atomic E-state index is -0.150. The zero-order chi connectivity index (χ0) is 18.2. The monoisotopic (exact) mass is 350 g/mol. The largest absolute Gasteiger partial charge is 0.467 e. The lowest BCUT2D eigenvalue weighted by atomic mass is 10.2. The van der Waals surface area contributed by atoms with Crippen molar-refractivity contribution in [2.75, 3.05) is 12.4 Å². The summed E-state index contributed by atoms with van der Waals surface area (Å²) < 4.78 is 10.9. The summed E-state index contributed by atoms with van der Waals surface area (Å²) >= 11 is 0. The fourth-order valence-electron chi connectivity index (χ4n) is 2.55. The molecule has 2 amide bonds. The van der Waals surface area contributed by atoms with Gasteiger partial charge in [-0.1, -0.05) is 42.5 Å². The van der Waals surface area contributed by atoms with Crippen LogP contribution in [0, 0.1) is 0 Å². The minimum Gasteiger partial charge on any atom is -0.467 e. The predicted molar refractivity (Wildman–Crippen MR) is 101 cm³/mol. The van der Waals surface area contributed by atoms with Crippen molar-refractivity contribution in [3.63, 3.8) is 0 Å². The van der Waals surface area contributed by atoms with Crippen LogP contribution in [0.25, 0.3) is 0 Å². The van der Waals surface area contributed by atoms with Gasteiger partial charge in [0.1, 0.15) is 12.4 Å². The van der Waals surface area contributed by atoms with Gasteiger partial charge < -0.3 is 19.4 Å². The number of nitrogens with zero attached hydrogens (tertiary/aromatic N) is 1. The van der Waals surface area contributed by atoms with Gasteiger partial charge in [-0.05, 0) is 35.4 Å². The van der Waals surface area contributed by atoms with Crippen LogP contribution in [0.4, 0.5) is 10.5 Å². The highest BCUT2D eigenvalue weighted by molar-refractivity contribution is 5.89. The molecule has 0 aliphatic rings. The van der Waals surface area contributed by atoms with E-state index < -0.39 is 0 Å². The zero-order valence-electron chi connectivity index (χ0n) is 14.7. The Labute approximate surface area is 153 Å². The lowest BCUT2D eigenvalue weighted by Gasteiger charge is -2.18. The minimum absolute atomic E-state index is 0.150. The molecular formula is C21H22N2O3. The molecule has 0 atom stereocenters. The molecule has 26 heavy (non-hydrogen) atoms. The van der Waals surface area contributed by atoms with E-state index in [1.165, 1.54) is 0 Å². The molecule has 1 N–H and O–H groups in total. The van der Waals surface area contributed by atoms with Crippen molar-refractivity contribution >= 4 is 11.7 Å². The van der Waals surface area contributed by atoms with Crippen LogP contribution in [0.15, 0.2) is 77.4 Å². The van der Waals surface area contributed by atoms with E-state index in [-0.39, 0.29) is 6.03 Å². The van der Waals surface area contributed by atoms with Gasteiger partial charge in [-0.15, -0.1) is 0 Å². The van der Waals surface area contributed by atoms with Crippen LogP contribution in [-0.2, 0) is 24.5 Å². The van der Waals surface area contributed by atoms with Crippen LogP contribution in [0.1, 0.15) is 16.9 Å². The molecule has 0 aliphatic carbocycles. The third kappa shape index (κ3) is 5.22.